The summed E-state index contributed by atoms with van der Waals surface area (Å²) in [5.41, 5.74) is 0.246. The van der Waals surface area contributed by atoms with Gasteiger partial charge in [0.25, 0.3) is 5.76 Å². The van der Waals surface area contributed by atoms with Crippen LogP contribution in [-0.2, 0) is 4.74 Å². The Morgan fingerprint density at radius 1 is 1.37 bits per heavy atom. The Morgan fingerprint density at radius 3 is 2.89 bits per heavy atom. The molecule has 3 rings (SSSR count). The van der Waals surface area contributed by atoms with Gasteiger partial charge in [-0.3, -0.25) is 0 Å². The lowest BCUT2D eigenvalue weighted by atomic mass is 9.98. The molecule has 0 aliphatic heterocycles. The van der Waals surface area contributed by atoms with Gasteiger partial charge in [-0.1, -0.05) is 6.42 Å². The van der Waals surface area contributed by atoms with Crippen molar-refractivity contribution in [2.75, 3.05) is 0 Å². The fourth-order valence-corrected chi connectivity index (χ4v) is 2.45. The predicted octanol–water partition coefficient (Wildman–Crippen LogP) is 3.02. The first-order valence-electron chi connectivity index (χ1n) is 6.53. The molecule has 0 bridgehead atoms. The number of hydrogen-bond acceptors (Lipinski definition) is 5. The maximum Gasteiger partial charge on any atom is 0.378 e. The van der Waals surface area contributed by atoms with E-state index in [2.05, 4.69) is 4.98 Å². The molecule has 1 aliphatic carbocycles. The van der Waals surface area contributed by atoms with Crippen LogP contribution < -0.4 is 0 Å². The highest BCUT2D eigenvalue weighted by Gasteiger charge is 2.25. The molecular weight excluding hydrogens is 246 g/mol. The minimum absolute atomic E-state index is 0.0678. The minimum atomic E-state index is -0.609. The number of aromatic nitrogens is 1. The molecule has 1 fully saturated rings. The van der Waals surface area contributed by atoms with Gasteiger partial charge in [-0.15, -0.1) is 0 Å². The summed E-state index contributed by atoms with van der Waals surface area (Å²) in [6.45, 7) is 0. The van der Waals surface area contributed by atoms with Gasteiger partial charge in [-0.2, -0.15) is 0 Å². The largest absolute Gasteiger partial charge is 0.503 e. The Balaban J connectivity index is 1.83. The lowest BCUT2D eigenvalue weighted by Crippen LogP contribution is -2.20. The van der Waals surface area contributed by atoms with Crippen LogP contribution in [0.2, 0.25) is 0 Å². The summed E-state index contributed by atoms with van der Waals surface area (Å²) in [4.78, 5) is 16.0. The topological polar surface area (TPSA) is 72.6 Å². The smallest absolute Gasteiger partial charge is 0.378 e. The van der Waals surface area contributed by atoms with Crippen molar-refractivity contribution in [2.45, 2.75) is 38.2 Å². The van der Waals surface area contributed by atoms with E-state index in [4.69, 9.17) is 9.15 Å². The number of esters is 1. The fraction of sp³-hybridized carbons (Fsp3) is 0.429. The molecule has 1 saturated carbocycles. The molecule has 5 nitrogen and oxygen atoms in total. The van der Waals surface area contributed by atoms with Gasteiger partial charge in [0.05, 0.1) is 5.39 Å². The second-order valence-corrected chi connectivity index (χ2v) is 4.80. The van der Waals surface area contributed by atoms with Gasteiger partial charge < -0.3 is 14.3 Å². The van der Waals surface area contributed by atoms with Crippen LogP contribution in [0.25, 0.3) is 11.1 Å². The normalized spacial score (nSPS) is 16.6. The standard InChI is InChI=1S/C14H15NO4/c16-11-10-7-4-8-15-13(10)19-12(11)14(17)18-9-5-2-1-3-6-9/h4,7-9,16H,1-3,5-6H2. The van der Waals surface area contributed by atoms with Gasteiger partial charge in [0.15, 0.2) is 5.75 Å². The number of nitrogens with zero attached hydrogens (tertiary/aromatic N) is 1. The van der Waals surface area contributed by atoms with Crippen molar-refractivity contribution < 1.29 is 19.1 Å². The first-order chi connectivity index (χ1) is 9.25. The van der Waals surface area contributed by atoms with Crippen molar-refractivity contribution >= 4 is 17.1 Å². The van der Waals surface area contributed by atoms with Crippen LogP contribution in [0.4, 0.5) is 0 Å². The van der Waals surface area contributed by atoms with Crippen molar-refractivity contribution in [2.24, 2.45) is 0 Å². The number of fused-ring (bicyclic) bond motifs is 1. The highest BCUT2D eigenvalue weighted by atomic mass is 16.6. The molecule has 0 atom stereocenters. The third-order valence-corrected chi connectivity index (χ3v) is 3.45. The molecule has 100 valence electrons. The Bertz CT molecular complexity index is 599. The third-order valence-electron chi connectivity index (χ3n) is 3.45. The molecule has 0 aromatic carbocycles. The average Bonchev–Trinajstić information content (AvgIpc) is 2.78. The quantitative estimate of drug-likeness (QED) is 0.841. The van der Waals surface area contributed by atoms with E-state index in [1.54, 1.807) is 18.3 Å². The van der Waals surface area contributed by atoms with E-state index >= 15 is 0 Å². The third kappa shape index (κ3) is 2.28. The second kappa shape index (κ2) is 4.91. The molecule has 1 aliphatic rings. The molecule has 5 heteroatoms. The molecule has 19 heavy (non-hydrogen) atoms. The van der Waals surface area contributed by atoms with E-state index in [-0.39, 0.29) is 23.3 Å². The molecule has 2 aromatic rings. The first-order valence-corrected chi connectivity index (χ1v) is 6.53. The summed E-state index contributed by atoms with van der Waals surface area (Å²) < 4.78 is 10.6. The van der Waals surface area contributed by atoms with E-state index in [9.17, 15) is 9.90 Å². The molecule has 2 aromatic heterocycles. The molecule has 0 spiro atoms. The minimum Gasteiger partial charge on any atom is -0.503 e. The van der Waals surface area contributed by atoms with Crippen molar-refractivity contribution in [3.8, 4) is 5.75 Å². The van der Waals surface area contributed by atoms with Crippen molar-refractivity contribution in [1.82, 2.24) is 4.98 Å². The van der Waals surface area contributed by atoms with Gasteiger partial charge in [-0.05, 0) is 37.8 Å². The van der Waals surface area contributed by atoms with Gasteiger partial charge in [0.1, 0.15) is 6.10 Å². The summed E-state index contributed by atoms with van der Waals surface area (Å²) in [7, 11) is 0. The summed E-state index contributed by atoms with van der Waals surface area (Å²) >= 11 is 0. The molecule has 0 radical (unpaired) electrons. The van der Waals surface area contributed by atoms with Gasteiger partial charge in [-0.25, -0.2) is 9.78 Å². The Morgan fingerprint density at radius 2 is 2.16 bits per heavy atom. The first kappa shape index (κ1) is 12.0. The van der Waals surface area contributed by atoms with Crippen LogP contribution >= 0.6 is 0 Å². The average molecular weight is 261 g/mol. The molecule has 1 N–H and O–H groups in total. The number of hydrogen-bond donors (Lipinski definition) is 1. The maximum absolute atomic E-state index is 12.0. The second-order valence-electron chi connectivity index (χ2n) is 4.80. The van der Waals surface area contributed by atoms with Crippen molar-refractivity contribution in [3.05, 3.63) is 24.1 Å². The Hall–Kier alpha value is -2.04. The van der Waals surface area contributed by atoms with Gasteiger partial charge in [0.2, 0.25) is 5.71 Å². The number of ether oxygens (including phenoxy) is 1. The number of furan rings is 1. The zero-order valence-corrected chi connectivity index (χ0v) is 10.5. The van der Waals surface area contributed by atoms with E-state index in [1.807, 2.05) is 0 Å². The number of rotatable bonds is 2. The Kier molecular flexibility index (Phi) is 3.11. The molecule has 0 saturated heterocycles. The van der Waals surface area contributed by atoms with Crippen LogP contribution in [0.1, 0.15) is 42.7 Å². The van der Waals surface area contributed by atoms with Crippen molar-refractivity contribution in [3.63, 3.8) is 0 Å². The monoisotopic (exact) mass is 261 g/mol. The maximum atomic E-state index is 12.0. The SMILES string of the molecule is O=C(OC1CCCCC1)c1oc2ncccc2c1O. The van der Waals surface area contributed by atoms with Crippen LogP contribution in [0.15, 0.2) is 22.7 Å². The van der Waals surface area contributed by atoms with Crippen LogP contribution in [-0.4, -0.2) is 22.2 Å². The van der Waals surface area contributed by atoms with E-state index in [0.717, 1.165) is 25.7 Å². The molecule has 0 unspecified atom stereocenters. The number of aromatic hydroxyl groups is 1. The van der Waals surface area contributed by atoms with Crippen LogP contribution in [0.3, 0.4) is 0 Å². The number of carbonyl (C=O) groups excluding carboxylic acids is 1. The predicted molar refractivity (Wildman–Crippen MR) is 68.0 cm³/mol. The van der Waals surface area contributed by atoms with E-state index in [1.165, 1.54) is 6.42 Å². The summed E-state index contributed by atoms with van der Waals surface area (Å²) in [5, 5.41) is 10.4. The number of pyridine rings is 1. The van der Waals surface area contributed by atoms with Crippen molar-refractivity contribution in [1.29, 1.82) is 0 Å². The van der Waals surface area contributed by atoms with Crippen LogP contribution in [0.5, 0.6) is 5.75 Å². The molecular formula is C14H15NO4. The summed E-state index contributed by atoms with van der Waals surface area (Å²) in [5.74, 6) is -0.953. The van der Waals surface area contributed by atoms with E-state index < -0.39 is 5.97 Å². The van der Waals surface area contributed by atoms with E-state index in [0.29, 0.717) is 5.39 Å². The number of carbonyl (C=O) groups is 1. The summed E-state index contributed by atoms with van der Waals surface area (Å²) in [6, 6.07) is 3.33. The van der Waals surface area contributed by atoms with Crippen LogP contribution in [0, 0.1) is 0 Å². The summed E-state index contributed by atoms with van der Waals surface area (Å²) in [6.07, 6.45) is 6.57. The molecule has 0 amide bonds. The van der Waals surface area contributed by atoms with Gasteiger partial charge >= 0.3 is 5.97 Å². The Labute approximate surface area is 110 Å². The zero-order chi connectivity index (χ0) is 13.2. The lowest BCUT2D eigenvalue weighted by Gasteiger charge is -2.21. The van der Waals surface area contributed by atoms with Gasteiger partial charge in [0, 0.05) is 6.20 Å². The lowest BCUT2D eigenvalue weighted by molar-refractivity contribution is 0.0175. The molecule has 2 heterocycles. The fourth-order valence-electron chi connectivity index (χ4n) is 2.45. The highest BCUT2D eigenvalue weighted by molar-refractivity contribution is 5.97. The zero-order valence-electron chi connectivity index (χ0n) is 10.5. The highest BCUT2D eigenvalue weighted by Crippen LogP contribution is 2.32.